The normalized spacial score (nSPS) is 12.0. The van der Waals surface area contributed by atoms with E-state index >= 15 is 0 Å². The number of carbonyl (C=O) groups is 1. The van der Waals surface area contributed by atoms with Crippen molar-refractivity contribution in [2.24, 2.45) is 0 Å². The number of aromatic nitrogens is 2. The average Bonchev–Trinajstić information content (AvgIpc) is 3.13. The summed E-state index contributed by atoms with van der Waals surface area (Å²) >= 11 is 2.45. The summed E-state index contributed by atoms with van der Waals surface area (Å²) in [5.74, 6) is -0.361. The second kappa shape index (κ2) is 6.50. The second-order valence-electron chi connectivity index (χ2n) is 6.48. The summed E-state index contributed by atoms with van der Waals surface area (Å²) in [6.07, 6.45) is 1.15. The van der Waals surface area contributed by atoms with Gasteiger partial charge in [0.15, 0.2) is 15.0 Å². The van der Waals surface area contributed by atoms with Gasteiger partial charge in [0.1, 0.15) is 9.71 Å². The molecule has 28 heavy (non-hydrogen) atoms. The molecule has 1 aromatic carbocycles. The molecule has 4 aromatic rings. The first-order valence-electron chi connectivity index (χ1n) is 8.21. The molecule has 3 N–H and O–H groups in total. The van der Waals surface area contributed by atoms with Gasteiger partial charge < -0.3 is 5.73 Å². The topological polar surface area (TPSA) is 115 Å². The summed E-state index contributed by atoms with van der Waals surface area (Å²) in [6.45, 7) is 3.84. The predicted octanol–water partition coefficient (Wildman–Crippen LogP) is 3.76. The first kappa shape index (κ1) is 18.8. The molecule has 3 aromatic heterocycles. The molecule has 0 unspecified atom stereocenters. The van der Waals surface area contributed by atoms with Gasteiger partial charge in [-0.1, -0.05) is 11.3 Å². The highest BCUT2D eigenvalue weighted by atomic mass is 32.2. The van der Waals surface area contributed by atoms with Crippen LogP contribution in [0.1, 0.15) is 20.9 Å². The van der Waals surface area contributed by atoms with E-state index in [0.29, 0.717) is 25.9 Å². The van der Waals surface area contributed by atoms with Crippen molar-refractivity contribution in [3.63, 3.8) is 0 Å². The molecule has 0 aliphatic carbocycles. The minimum Gasteiger partial charge on any atom is -0.397 e. The lowest BCUT2D eigenvalue weighted by Gasteiger charge is -2.01. The van der Waals surface area contributed by atoms with E-state index in [0.717, 1.165) is 27.7 Å². The maximum Gasteiger partial charge on any atom is 0.269 e. The van der Waals surface area contributed by atoms with E-state index in [1.54, 1.807) is 12.1 Å². The monoisotopic (exact) mass is 432 g/mol. The zero-order chi connectivity index (χ0) is 20.2. The second-order valence-corrected chi connectivity index (χ2v) is 10.5. The summed E-state index contributed by atoms with van der Waals surface area (Å²) in [5.41, 5.74) is 9.08. The molecule has 4 rings (SSSR count). The minimum atomic E-state index is -3.31. The van der Waals surface area contributed by atoms with Gasteiger partial charge in [0.05, 0.1) is 20.8 Å². The maximum atomic E-state index is 12.8. The SMILES string of the molecule is Cc1cc(C)c2c(N)c(C(=O)Nc3nc4ccc(S(C)(=O)=O)cc4s3)sc2n1. The van der Waals surface area contributed by atoms with Crippen LogP contribution in [0.2, 0.25) is 0 Å². The molecule has 10 heteroatoms. The number of rotatable bonds is 3. The Labute approximate surface area is 169 Å². The standard InChI is InChI=1S/C18H16N4O3S3/c1-8-6-9(2)20-17-13(8)14(19)15(27-17)16(23)22-18-21-11-5-4-10(28(3,24)25)7-12(11)26-18/h4-7H,19H2,1-3H3,(H,21,22,23). The Morgan fingerprint density at radius 3 is 2.61 bits per heavy atom. The molecule has 0 saturated carbocycles. The van der Waals surface area contributed by atoms with Crippen molar-refractivity contribution in [3.05, 3.63) is 40.4 Å². The fourth-order valence-corrected chi connectivity index (χ4v) is 5.71. The van der Waals surface area contributed by atoms with E-state index in [9.17, 15) is 13.2 Å². The van der Waals surface area contributed by atoms with Gasteiger partial charge in [-0.2, -0.15) is 0 Å². The molecule has 1 amide bonds. The molecule has 7 nitrogen and oxygen atoms in total. The third-order valence-electron chi connectivity index (χ3n) is 4.24. The molecule has 0 bridgehead atoms. The number of nitrogens with one attached hydrogen (secondary N) is 1. The lowest BCUT2D eigenvalue weighted by molar-refractivity contribution is 0.103. The number of nitrogens with zero attached hydrogens (tertiary/aromatic N) is 2. The zero-order valence-electron chi connectivity index (χ0n) is 15.2. The number of aryl methyl sites for hydroxylation is 2. The average molecular weight is 433 g/mol. The lowest BCUT2D eigenvalue weighted by Crippen LogP contribution is -2.11. The van der Waals surface area contributed by atoms with Gasteiger partial charge in [0, 0.05) is 17.3 Å². The first-order chi connectivity index (χ1) is 13.1. The number of carbonyl (C=O) groups excluding carboxylic acids is 1. The van der Waals surface area contributed by atoms with E-state index in [2.05, 4.69) is 15.3 Å². The van der Waals surface area contributed by atoms with Crippen molar-refractivity contribution in [1.29, 1.82) is 0 Å². The van der Waals surface area contributed by atoms with Crippen LogP contribution < -0.4 is 11.1 Å². The summed E-state index contributed by atoms with van der Waals surface area (Å²) in [6, 6.07) is 6.62. The highest BCUT2D eigenvalue weighted by Gasteiger charge is 2.20. The number of amides is 1. The van der Waals surface area contributed by atoms with Crippen LogP contribution in [-0.2, 0) is 9.84 Å². The number of hydrogen-bond acceptors (Lipinski definition) is 8. The molecular formula is C18H16N4O3S3. The predicted molar refractivity (Wildman–Crippen MR) is 114 cm³/mol. The zero-order valence-corrected chi connectivity index (χ0v) is 17.7. The number of thiophene rings is 1. The summed E-state index contributed by atoms with van der Waals surface area (Å²) in [5, 5.41) is 3.94. The van der Waals surface area contributed by atoms with E-state index < -0.39 is 9.84 Å². The molecule has 0 aliphatic rings. The van der Waals surface area contributed by atoms with Gasteiger partial charge >= 0.3 is 0 Å². The van der Waals surface area contributed by atoms with Crippen LogP contribution in [0.4, 0.5) is 10.8 Å². The first-order valence-corrected chi connectivity index (χ1v) is 11.7. The number of nitrogens with two attached hydrogens (primary N) is 1. The fourth-order valence-electron chi connectivity index (χ4n) is 2.98. The molecule has 3 heterocycles. The van der Waals surface area contributed by atoms with Crippen molar-refractivity contribution in [2.75, 3.05) is 17.3 Å². The number of hydrogen-bond donors (Lipinski definition) is 2. The van der Waals surface area contributed by atoms with Crippen LogP contribution in [0.25, 0.3) is 20.4 Å². The van der Waals surface area contributed by atoms with E-state index in [4.69, 9.17) is 5.73 Å². The Morgan fingerprint density at radius 2 is 1.89 bits per heavy atom. The molecule has 0 fully saturated rings. The maximum absolute atomic E-state index is 12.8. The third-order valence-corrected chi connectivity index (χ3v) is 7.38. The highest BCUT2D eigenvalue weighted by molar-refractivity contribution is 7.90. The number of thiazole rings is 1. The largest absolute Gasteiger partial charge is 0.397 e. The number of anilines is 2. The Kier molecular flexibility index (Phi) is 4.36. The fraction of sp³-hybridized carbons (Fsp3) is 0.167. The molecule has 0 spiro atoms. The Hall–Kier alpha value is -2.56. The molecular weight excluding hydrogens is 416 g/mol. The van der Waals surface area contributed by atoms with Crippen LogP contribution in [0.5, 0.6) is 0 Å². The molecule has 0 aliphatic heterocycles. The van der Waals surface area contributed by atoms with E-state index in [1.165, 1.54) is 28.7 Å². The van der Waals surface area contributed by atoms with Gasteiger partial charge in [-0.25, -0.2) is 18.4 Å². The van der Waals surface area contributed by atoms with Gasteiger partial charge in [-0.15, -0.1) is 11.3 Å². The number of pyridine rings is 1. The third kappa shape index (κ3) is 3.23. The number of nitrogen functional groups attached to an aromatic ring is 1. The Balaban J connectivity index is 1.70. The van der Waals surface area contributed by atoms with Gasteiger partial charge in [0.2, 0.25) is 0 Å². The molecule has 0 saturated heterocycles. The van der Waals surface area contributed by atoms with Gasteiger partial charge in [0.25, 0.3) is 5.91 Å². The van der Waals surface area contributed by atoms with Crippen molar-refractivity contribution >= 4 is 69.7 Å². The lowest BCUT2D eigenvalue weighted by atomic mass is 10.1. The van der Waals surface area contributed by atoms with Crippen molar-refractivity contribution in [2.45, 2.75) is 18.7 Å². The molecule has 144 valence electrons. The number of benzene rings is 1. The van der Waals surface area contributed by atoms with Crippen molar-refractivity contribution in [3.8, 4) is 0 Å². The van der Waals surface area contributed by atoms with Gasteiger partial charge in [-0.05, 0) is 43.7 Å². The number of sulfone groups is 1. The Bertz CT molecular complexity index is 1370. The summed E-state index contributed by atoms with van der Waals surface area (Å²) in [4.78, 5) is 22.9. The van der Waals surface area contributed by atoms with E-state index in [-0.39, 0.29) is 10.8 Å². The van der Waals surface area contributed by atoms with Crippen LogP contribution in [0.3, 0.4) is 0 Å². The highest BCUT2D eigenvalue weighted by Crippen LogP contribution is 2.36. The quantitative estimate of drug-likeness (QED) is 0.509. The van der Waals surface area contributed by atoms with Gasteiger partial charge in [-0.3, -0.25) is 10.1 Å². The van der Waals surface area contributed by atoms with Crippen LogP contribution in [-0.4, -0.2) is 30.5 Å². The Morgan fingerprint density at radius 1 is 1.14 bits per heavy atom. The molecule has 0 atom stereocenters. The van der Waals surface area contributed by atoms with Crippen LogP contribution in [0.15, 0.2) is 29.2 Å². The minimum absolute atomic E-state index is 0.215. The van der Waals surface area contributed by atoms with E-state index in [1.807, 2.05) is 19.9 Å². The smallest absolute Gasteiger partial charge is 0.269 e. The van der Waals surface area contributed by atoms with Crippen molar-refractivity contribution in [1.82, 2.24) is 9.97 Å². The van der Waals surface area contributed by atoms with Crippen LogP contribution >= 0.6 is 22.7 Å². The van der Waals surface area contributed by atoms with Crippen molar-refractivity contribution < 1.29 is 13.2 Å². The summed E-state index contributed by atoms with van der Waals surface area (Å²) < 4.78 is 24.1. The number of fused-ring (bicyclic) bond motifs is 2. The summed E-state index contributed by atoms with van der Waals surface area (Å²) in [7, 11) is -3.31. The van der Waals surface area contributed by atoms with Crippen LogP contribution in [0, 0.1) is 13.8 Å². The molecule has 0 radical (unpaired) electrons.